The molecule has 0 saturated carbocycles. The number of carbonyl (C=O) groups excluding carboxylic acids is 1. The van der Waals surface area contributed by atoms with E-state index in [0.29, 0.717) is 36.1 Å². The Labute approximate surface area is 176 Å². The second-order valence-corrected chi connectivity index (χ2v) is 8.37. The third kappa shape index (κ3) is 4.87. The largest absolute Gasteiger partial charge is 0.381 e. The second kappa shape index (κ2) is 9.27. The number of nitrogens with one attached hydrogen (secondary N) is 1. The Morgan fingerprint density at radius 1 is 1.11 bits per heavy atom. The highest BCUT2D eigenvalue weighted by molar-refractivity contribution is 6.35. The van der Waals surface area contributed by atoms with E-state index in [2.05, 4.69) is 36.4 Å². The summed E-state index contributed by atoms with van der Waals surface area (Å²) in [5.41, 5.74) is 2.12. The monoisotopic (exact) mass is 420 g/mol. The second-order valence-electron chi connectivity index (χ2n) is 7.52. The lowest BCUT2D eigenvalue weighted by Crippen LogP contribution is -2.45. The first-order valence-electron chi connectivity index (χ1n) is 9.49. The molecule has 2 aromatic carbocycles. The molecule has 1 saturated heterocycles. The first-order valence-corrected chi connectivity index (χ1v) is 10.2. The topological polar surface area (TPSA) is 41.6 Å². The normalized spacial score (nSPS) is 16.2. The SMILES string of the molecule is CN(C)CCc1ccc(NC(=O)C2(c3ccc(Cl)cc3Cl)CCOCC2)cc1. The number of amides is 1. The third-order valence-corrected chi connectivity index (χ3v) is 5.84. The van der Waals surface area contributed by atoms with Gasteiger partial charge < -0.3 is 15.0 Å². The Bertz CT molecular complexity index is 816. The van der Waals surface area contributed by atoms with Crippen molar-refractivity contribution in [1.29, 1.82) is 0 Å². The summed E-state index contributed by atoms with van der Waals surface area (Å²) >= 11 is 12.5. The molecule has 28 heavy (non-hydrogen) atoms. The van der Waals surface area contributed by atoms with Crippen LogP contribution in [-0.4, -0.2) is 44.7 Å². The number of likely N-dealkylation sites (N-methyl/N-ethyl adjacent to an activating group) is 1. The molecule has 0 radical (unpaired) electrons. The van der Waals surface area contributed by atoms with Crippen LogP contribution in [0.5, 0.6) is 0 Å². The fraction of sp³-hybridized carbons (Fsp3) is 0.409. The zero-order valence-electron chi connectivity index (χ0n) is 16.3. The molecule has 0 atom stereocenters. The van der Waals surface area contributed by atoms with Crippen LogP contribution in [0.1, 0.15) is 24.0 Å². The van der Waals surface area contributed by atoms with Gasteiger partial charge >= 0.3 is 0 Å². The molecule has 0 unspecified atom stereocenters. The van der Waals surface area contributed by atoms with Gasteiger partial charge in [-0.15, -0.1) is 0 Å². The number of ether oxygens (including phenoxy) is 1. The molecule has 1 aliphatic rings. The number of carbonyl (C=O) groups is 1. The number of nitrogens with zero attached hydrogens (tertiary/aromatic N) is 1. The molecule has 0 aromatic heterocycles. The lowest BCUT2D eigenvalue weighted by atomic mass is 9.73. The van der Waals surface area contributed by atoms with E-state index >= 15 is 0 Å². The van der Waals surface area contributed by atoms with Crippen molar-refractivity contribution in [1.82, 2.24) is 4.90 Å². The molecule has 6 heteroatoms. The van der Waals surface area contributed by atoms with Crippen LogP contribution in [0.3, 0.4) is 0 Å². The van der Waals surface area contributed by atoms with E-state index in [9.17, 15) is 4.79 Å². The summed E-state index contributed by atoms with van der Waals surface area (Å²) in [6.07, 6.45) is 2.14. The Morgan fingerprint density at radius 2 is 1.79 bits per heavy atom. The van der Waals surface area contributed by atoms with E-state index in [0.717, 1.165) is 24.2 Å². The number of halogens is 2. The highest BCUT2D eigenvalue weighted by atomic mass is 35.5. The van der Waals surface area contributed by atoms with E-state index < -0.39 is 5.41 Å². The van der Waals surface area contributed by atoms with Crippen molar-refractivity contribution in [2.75, 3.05) is 39.2 Å². The van der Waals surface area contributed by atoms with Crippen molar-refractivity contribution in [2.24, 2.45) is 0 Å². The predicted octanol–water partition coefficient (Wildman–Crippen LogP) is 4.78. The standard InChI is InChI=1S/C22H26Cl2N2O2/c1-26(2)12-9-16-3-6-18(7-4-16)25-21(27)22(10-13-28-14-11-22)19-8-5-17(23)15-20(19)24/h3-8,15H,9-14H2,1-2H3,(H,25,27). The summed E-state index contributed by atoms with van der Waals surface area (Å²) < 4.78 is 5.52. The lowest BCUT2D eigenvalue weighted by Gasteiger charge is -2.36. The Kier molecular flexibility index (Phi) is 7.00. The average molecular weight is 421 g/mol. The van der Waals surface area contributed by atoms with Crippen LogP contribution in [0.25, 0.3) is 0 Å². The van der Waals surface area contributed by atoms with Gasteiger partial charge in [0.1, 0.15) is 0 Å². The van der Waals surface area contributed by atoms with E-state index in [-0.39, 0.29) is 5.91 Å². The molecule has 3 rings (SSSR count). The zero-order chi connectivity index (χ0) is 20.1. The zero-order valence-corrected chi connectivity index (χ0v) is 17.8. The van der Waals surface area contributed by atoms with Gasteiger partial charge in [0.2, 0.25) is 5.91 Å². The van der Waals surface area contributed by atoms with Gasteiger partial charge in [-0.25, -0.2) is 0 Å². The molecule has 4 nitrogen and oxygen atoms in total. The van der Waals surface area contributed by atoms with Crippen LogP contribution in [0.2, 0.25) is 10.0 Å². The predicted molar refractivity (Wildman–Crippen MR) is 116 cm³/mol. The van der Waals surface area contributed by atoms with E-state index in [1.54, 1.807) is 12.1 Å². The lowest BCUT2D eigenvalue weighted by molar-refractivity contribution is -0.125. The van der Waals surface area contributed by atoms with Gasteiger partial charge in [-0.05, 0) is 68.8 Å². The molecular formula is C22H26Cl2N2O2. The molecule has 0 bridgehead atoms. The summed E-state index contributed by atoms with van der Waals surface area (Å²) in [6, 6.07) is 13.4. The van der Waals surface area contributed by atoms with E-state index in [1.165, 1.54) is 5.56 Å². The van der Waals surface area contributed by atoms with Crippen LogP contribution in [0.4, 0.5) is 5.69 Å². The summed E-state index contributed by atoms with van der Waals surface area (Å²) in [4.78, 5) is 15.5. The molecule has 1 fully saturated rings. The fourth-order valence-corrected chi connectivity index (χ4v) is 4.16. The molecule has 1 aliphatic heterocycles. The summed E-state index contributed by atoms with van der Waals surface area (Å²) in [6.45, 7) is 2.04. The molecule has 1 heterocycles. The highest BCUT2D eigenvalue weighted by Gasteiger charge is 2.43. The van der Waals surface area contributed by atoms with Gasteiger partial charge in [-0.2, -0.15) is 0 Å². The van der Waals surface area contributed by atoms with Crippen molar-refractivity contribution in [2.45, 2.75) is 24.7 Å². The molecular weight excluding hydrogens is 395 g/mol. The Balaban J connectivity index is 1.80. The van der Waals surface area contributed by atoms with Gasteiger partial charge in [0.15, 0.2) is 0 Å². The molecule has 0 spiro atoms. The summed E-state index contributed by atoms with van der Waals surface area (Å²) in [5, 5.41) is 4.17. The maximum Gasteiger partial charge on any atom is 0.235 e. The van der Waals surface area contributed by atoms with Crippen molar-refractivity contribution >= 4 is 34.8 Å². The number of hydrogen-bond donors (Lipinski definition) is 1. The Hall–Kier alpha value is -1.59. The van der Waals surface area contributed by atoms with Crippen LogP contribution in [0, 0.1) is 0 Å². The first-order chi connectivity index (χ1) is 13.4. The molecule has 150 valence electrons. The van der Waals surface area contributed by atoms with Gasteiger partial charge in [0.25, 0.3) is 0 Å². The smallest absolute Gasteiger partial charge is 0.235 e. The van der Waals surface area contributed by atoms with Crippen LogP contribution in [-0.2, 0) is 21.4 Å². The number of rotatable bonds is 6. The van der Waals surface area contributed by atoms with Crippen molar-refractivity contribution in [3.63, 3.8) is 0 Å². The van der Waals surface area contributed by atoms with Gasteiger partial charge in [-0.3, -0.25) is 4.79 Å². The third-order valence-electron chi connectivity index (χ3n) is 5.29. The van der Waals surface area contributed by atoms with E-state index in [4.69, 9.17) is 27.9 Å². The molecule has 0 aliphatic carbocycles. The minimum absolute atomic E-state index is 0.0546. The maximum atomic E-state index is 13.4. The number of anilines is 1. The Morgan fingerprint density at radius 3 is 2.39 bits per heavy atom. The molecule has 1 N–H and O–H groups in total. The van der Waals surface area contributed by atoms with Gasteiger partial charge in [0.05, 0.1) is 5.41 Å². The van der Waals surface area contributed by atoms with Gasteiger partial charge in [-0.1, -0.05) is 41.4 Å². The first kappa shape index (κ1) is 21.1. The fourth-order valence-electron chi connectivity index (χ4n) is 3.57. The minimum atomic E-state index is -0.719. The van der Waals surface area contributed by atoms with Crippen LogP contribution < -0.4 is 5.32 Å². The van der Waals surface area contributed by atoms with Crippen molar-refractivity contribution in [3.8, 4) is 0 Å². The average Bonchev–Trinajstić information content (AvgIpc) is 2.68. The molecule has 2 aromatic rings. The van der Waals surface area contributed by atoms with Gasteiger partial charge in [0, 0.05) is 35.5 Å². The van der Waals surface area contributed by atoms with Crippen LogP contribution >= 0.6 is 23.2 Å². The quantitative estimate of drug-likeness (QED) is 0.730. The maximum absolute atomic E-state index is 13.4. The highest BCUT2D eigenvalue weighted by Crippen LogP contribution is 2.40. The number of hydrogen-bond acceptors (Lipinski definition) is 3. The summed E-state index contributed by atoms with van der Waals surface area (Å²) in [5.74, 6) is -0.0546. The number of benzene rings is 2. The molecule has 1 amide bonds. The minimum Gasteiger partial charge on any atom is -0.381 e. The summed E-state index contributed by atoms with van der Waals surface area (Å²) in [7, 11) is 4.12. The van der Waals surface area contributed by atoms with Crippen molar-refractivity contribution < 1.29 is 9.53 Å². The van der Waals surface area contributed by atoms with E-state index in [1.807, 2.05) is 18.2 Å². The van der Waals surface area contributed by atoms with Crippen molar-refractivity contribution in [3.05, 3.63) is 63.6 Å². The van der Waals surface area contributed by atoms with Crippen LogP contribution in [0.15, 0.2) is 42.5 Å².